The van der Waals surface area contributed by atoms with E-state index in [2.05, 4.69) is 74.5 Å². The van der Waals surface area contributed by atoms with Crippen molar-refractivity contribution in [1.29, 1.82) is 0 Å². The minimum Gasteiger partial charge on any atom is -0.283 e. The number of amides is 1. The van der Waals surface area contributed by atoms with Gasteiger partial charge in [0.15, 0.2) is 5.17 Å². The first-order valence-electron chi connectivity index (χ1n) is 11.5. The second-order valence-corrected chi connectivity index (χ2v) is 9.90. The number of thioether (sulfide) groups is 1. The van der Waals surface area contributed by atoms with Crippen molar-refractivity contribution in [3.05, 3.63) is 82.3 Å². The van der Waals surface area contributed by atoms with Crippen LogP contribution in [0.2, 0.25) is 0 Å². The van der Waals surface area contributed by atoms with E-state index in [1.807, 2.05) is 11.0 Å². The Labute approximate surface area is 194 Å². The van der Waals surface area contributed by atoms with Gasteiger partial charge in [-0.3, -0.25) is 9.69 Å². The van der Waals surface area contributed by atoms with E-state index in [0.717, 1.165) is 34.2 Å². The summed E-state index contributed by atoms with van der Waals surface area (Å²) in [6, 6.07) is 21.2. The minimum absolute atomic E-state index is 0.0953. The van der Waals surface area contributed by atoms with Crippen LogP contribution in [0.5, 0.6) is 0 Å². The molecule has 3 aromatic carbocycles. The maximum absolute atomic E-state index is 13.6. The third kappa shape index (κ3) is 4.24. The van der Waals surface area contributed by atoms with Crippen LogP contribution in [0.1, 0.15) is 48.8 Å². The Morgan fingerprint density at radius 1 is 0.938 bits per heavy atom. The molecule has 0 radical (unpaired) electrons. The highest BCUT2D eigenvalue weighted by Crippen LogP contribution is 2.39. The van der Waals surface area contributed by atoms with E-state index in [4.69, 9.17) is 4.99 Å². The fraction of sp³-hybridized carbons (Fsp3) is 0.286. The number of carbonyl (C=O) groups is 1. The molecule has 162 valence electrons. The van der Waals surface area contributed by atoms with Crippen molar-refractivity contribution in [2.24, 2.45) is 4.99 Å². The Bertz CT molecular complexity index is 1210. The molecule has 0 aromatic heterocycles. The maximum atomic E-state index is 13.6. The minimum atomic E-state index is 0.0953. The summed E-state index contributed by atoms with van der Waals surface area (Å²) in [6.45, 7) is 4.18. The van der Waals surface area contributed by atoms with Gasteiger partial charge in [0.2, 0.25) is 0 Å². The van der Waals surface area contributed by atoms with Crippen LogP contribution in [0, 0.1) is 13.8 Å². The number of rotatable bonds is 3. The molecule has 1 saturated carbocycles. The molecule has 1 amide bonds. The molecule has 1 heterocycles. The van der Waals surface area contributed by atoms with E-state index >= 15 is 0 Å². The molecule has 0 spiro atoms. The van der Waals surface area contributed by atoms with Crippen LogP contribution >= 0.6 is 11.8 Å². The lowest BCUT2D eigenvalue weighted by Crippen LogP contribution is -2.40. The van der Waals surface area contributed by atoms with Gasteiger partial charge in [0, 0.05) is 6.04 Å². The van der Waals surface area contributed by atoms with E-state index in [1.54, 1.807) is 0 Å². The van der Waals surface area contributed by atoms with Gasteiger partial charge in [0.1, 0.15) is 0 Å². The van der Waals surface area contributed by atoms with Gasteiger partial charge in [0.25, 0.3) is 5.91 Å². The fourth-order valence-corrected chi connectivity index (χ4v) is 5.92. The van der Waals surface area contributed by atoms with Gasteiger partial charge in [-0.1, -0.05) is 67.8 Å². The monoisotopic (exact) mass is 440 g/mol. The van der Waals surface area contributed by atoms with Crippen molar-refractivity contribution in [3.63, 3.8) is 0 Å². The van der Waals surface area contributed by atoms with E-state index < -0.39 is 0 Å². The molecule has 1 saturated heterocycles. The van der Waals surface area contributed by atoms with Crippen LogP contribution in [0.3, 0.4) is 0 Å². The summed E-state index contributed by atoms with van der Waals surface area (Å²) < 4.78 is 0. The number of benzene rings is 3. The van der Waals surface area contributed by atoms with Crippen LogP contribution < -0.4 is 0 Å². The zero-order valence-corrected chi connectivity index (χ0v) is 19.5. The second kappa shape index (κ2) is 8.95. The van der Waals surface area contributed by atoms with Gasteiger partial charge in [-0.05, 0) is 84.1 Å². The number of hydrogen-bond acceptors (Lipinski definition) is 3. The molecule has 0 unspecified atom stereocenters. The number of amidine groups is 1. The summed E-state index contributed by atoms with van der Waals surface area (Å²) in [5.41, 5.74) is 4.38. The Hall–Kier alpha value is -2.85. The van der Waals surface area contributed by atoms with Gasteiger partial charge in [-0.15, -0.1) is 0 Å². The lowest BCUT2D eigenvalue weighted by molar-refractivity contribution is -0.124. The quantitative estimate of drug-likeness (QED) is 0.398. The first kappa shape index (κ1) is 21.0. The van der Waals surface area contributed by atoms with Crippen molar-refractivity contribution >= 4 is 45.4 Å². The van der Waals surface area contributed by atoms with Crippen LogP contribution in [0.25, 0.3) is 16.8 Å². The molecule has 0 atom stereocenters. The summed E-state index contributed by atoms with van der Waals surface area (Å²) >= 11 is 1.52. The van der Waals surface area contributed by atoms with Gasteiger partial charge < -0.3 is 0 Å². The highest BCUT2D eigenvalue weighted by Gasteiger charge is 2.38. The Morgan fingerprint density at radius 2 is 1.66 bits per heavy atom. The molecular formula is C28H28N2OS. The lowest BCUT2D eigenvalue weighted by Gasteiger charge is -2.30. The smallest absolute Gasteiger partial charge is 0.267 e. The van der Waals surface area contributed by atoms with Gasteiger partial charge in [-0.25, -0.2) is 4.99 Å². The molecule has 2 aliphatic rings. The number of fused-ring (bicyclic) bond motifs is 1. The molecule has 5 rings (SSSR count). The fourth-order valence-electron chi connectivity index (χ4n) is 4.87. The molecular weight excluding hydrogens is 412 g/mol. The average Bonchev–Trinajstić information content (AvgIpc) is 3.08. The number of aliphatic imine (C=N–C) groups is 1. The molecule has 1 aliphatic heterocycles. The molecule has 0 N–H and O–H groups in total. The van der Waals surface area contributed by atoms with Gasteiger partial charge in [0.05, 0.1) is 10.6 Å². The summed E-state index contributed by atoms with van der Waals surface area (Å²) in [7, 11) is 0. The van der Waals surface area contributed by atoms with Gasteiger partial charge in [-0.2, -0.15) is 0 Å². The summed E-state index contributed by atoms with van der Waals surface area (Å²) in [5, 5.41) is 3.17. The number of carbonyl (C=O) groups excluding carboxylic acids is 1. The molecule has 3 aromatic rings. The first-order chi connectivity index (χ1) is 15.6. The van der Waals surface area contributed by atoms with Crippen molar-refractivity contribution < 1.29 is 4.79 Å². The molecule has 4 heteroatoms. The van der Waals surface area contributed by atoms with E-state index in [9.17, 15) is 4.79 Å². The van der Waals surface area contributed by atoms with E-state index in [0.29, 0.717) is 0 Å². The molecule has 1 aliphatic carbocycles. The molecule has 2 fully saturated rings. The zero-order valence-electron chi connectivity index (χ0n) is 18.7. The van der Waals surface area contributed by atoms with E-state index in [-0.39, 0.29) is 11.9 Å². The van der Waals surface area contributed by atoms with Crippen molar-refractivity contribution in [3.8, 4) is 0 Å². The number of nitrogens with zero attached hydrogens (tertiary/aromatic N) is 2. The van der Waals surface area contributed by atoms with E-state index in [1.165, 1.54) is 52.9 Å². The largest absolute Gasteiger partial charge is 0.283 e. The summed E-state index contributed by atoms with van der Waals surface area (Å²) in [4.78, 5) is 21.4. The predicted octanol–water partition coefficient (Wildman–Crippen LogP) is 7.39. The second-order valence-electron chi connectivity index (χ2n) is 8.89. The highest BCUT2D eigenvalue weighted by molar-refractivity contribution is 8.18. The molecule has 0 bridgehead atoms. The Balaban J connectivity index is 1.57. The van der Waals surface area contributed by atoms with Gasteiger partial charge >= 0.3 is 0 Å². The standard InChI is InChI=1S/C28H28N2OS/c1-19-15-20(2)17-23(16-19)29-28-30(24-12-4-3-5-13-24)27(31)26(32-28)18-22-11-8-10-21-9-6-7-14-25(21)22/h6-11,14-18,24H,3-5,12-13H2,1-2H3. The first-order valence-corrected chi connectivity index (χ1v) is 12.3. The Morgan fingerprint density at radius 3 is 2.44 bits per heavy atom. The van der Waals surface area contributed by atoms with Crippen LogP contribution in [-0.4, -0.2) is 22.0 Å². The molecule has 32 heavy (non-hydrogen) atoms. The molecule has 3 nitrogen and oxygen atoms in total. The van der Waals surface area contributed by atoms with Crippen molar-refractivity contribution in [1.82, 2.24) is 4.90 Å². The van der Waals surface area contributed by atoms with Crippen LogP contribution in [0.4, 0.5) is 5.69 Å². The third-order valence-corrected chi connectivity index (χ3v) is 7.30. The van der Waals surface area contributed by atoms with Crippen molar-refractivity contribution in [2.75, 3.05) is 0 Å². The Kier molecular flexibility index (Phi) is 5.88. The predicted molar refractivity (Wildman–Crippen MR) is 136 cm³/mol. The lowest BCUT2D eigenvalue weighted by atomic mass is 9.94. The summed E-state index contributed by atoms with van der Waals surface area (Å²) in [5.74, 6) is 0.0953. The zero-order chi connectivity index (χ0) is 22.1. The third-order valence-electron chi connectivity index (χ3n) is 6.32. The number of aryl methyl sites for hydroxylation is 2. The number of hydrogen-bond donors (Lipinski definition) is 0. The maximum Gasteiger partial charge on any atom is 0.267 e. The SMILES string of the molecule is Cc1cc(C)cc(N=C2SC(=Cc3cccc4ccccc34)C(=O)N2C2CCCCC2)c1. The van der Waals surface area contributed by atoms with Crippen LogP contribution in [0.15, 0.2) is 70.6 Å². The van der Waals surface area contributed by atoms with Crippen molar-refractivity contribution in [2.45, 2.75) is 52.0 Å². The topological polar surface area (TPSA) is 32.7 Å². The summed E-state index contributed by atoms with van der Waals surface area (Å²) in [6.07, 6.45) is 7.78. The average molecular weight is 441 g/mol. The van der Waals surface area contributed by atoms with Crippen LogP contribution in [-0.2, 0) is 4.79 Å². The normalized spacial score (nSPS) is 20.1. The highest BCUT2D eigenvalue weighted by atomic mass is 32.2.